The molecule has 0 aliphatic heterocycles. The van der Waals surface area contributed by atoms with Crippen molar-refractivity contribution in [3.8, 4) is 28.4 Å². The van der Waals surface area contributed by atoms with Gasteiger partial charge in [0.1, 0.15) is 18.9 Å². The van der Waals surface area contributed by atoms with Gasteiger partial charge in [-0.05, 0) is 40.5 Å². The molecule has 0 unspecified atom stereocenters. The van der Waals surface area contributed by atoms with E-state index in [1.807, 2.05) is 48.5 Å². The molecule has 0 saturated heterocycles. The maximum atomic E-state index is 14.4. The lowest BCUT2D eigenvalue weighted by Crippen LogP contribution is -2.41. The summed E-state index contributed by atoms with van der Waals surface area (Å²) >= 11 is 0. The van der Waals surface area contributed by atoms with Crippen molar-refractivity contribution in [3.63, 3.8) is 0 Å². The summed E-state index contributed by atoms with van der Waals surface area (Å²) in [4.78, 5) is 38.9. The quantitative estimate of drug-likeness (QED) is 0.0301. The minimum absolute atomic E-state index is 0.0350. The van der Waals surface area contributed by atoms with E-state index in [1.54, 1.807) is 0 Å². The molecule has 0 atom stereocenters. The summed E-state index contributed by atoms with van der Waals surface area (Å²) in [7, 11) is 2.84. The molecule has 0 spiro atoms. The Hall–Kier alpha value is -7.09. The van der Waals surface area contributed by atoms with Crippen molar-refractivity contribution in [1.82, 2.24) is 14.6 Å². The first-order valence-electron chi connectivity index (χ1n) is 18.0. The van der Waals surface area contributed by atoms with Crippen LogP contribution in [0.2, 0.25) is 0 Å². The standard InChI is InChI=1S/C42H27F10N3O7/c1-53(54(2)42(58)60-17-26-24-9-5-3-7-22(24)23-8-4-6-10-25(23)26)15-20-13-19-11-12-21(59-18-29(57)62-41-38(51)34(47)31(44)35(48)39(41)52)14-27(19)55(20)16-28(56)61-40-36(49)32(45)30(43)33(46)37(40)50/h3-14,26H,15-18H2,1-2H3. The average molecular weight is 876 g/mol. The third kappa shape index (κ3) is 7.95. The summed E-state index contributed by atoms with van der Waals surface area (Å²) in [5, 5.41) is 2.76. The number of carbonyl (C=O) groups excluding carboxylic acids is 3. The van der Waals surface area contributed by atoms with Gasteiger partial charge < -0.3 is 23.5 Å². The van der Waals surface area contributed by atoms with E-state index in [4.69, 9.17) is 9.47 Å². The number of fused-ring (bicyclic) bond motifs is 4. The smallest absolute Gasteiger partial charge is 0.424 e. The van der Waals surface area contributed by atoms with Crippen molar-refractivity contribution in [2.75, 3.05) is 27.3 Å². The molecule has 0 radical (unpaired) electrons. The van der Waals surface area contributed by atoms with E-state index >= 15 is 0 Å². The number of amides is 1. The molecule has 62 heavy (non-hydrogen) atoms. The lowest BCUT2D eigenvalue weighted by molar-refractivity contribution is -0.137. The molecular weight excluding hydrogens is 848 g/mol. The molecule has 1 aliphatic rings. The topological polar surface area (TPSA) is 99.5 Å². The Morgan fingerprint density at radius 2 is 1.10 bits per heavy atom. The second-order valence-corrected chi connectivity index (χ2v) is 13.6. The molecule has 1 aromatic heterocycles. The number of ether oxygens (including phenoxy) is 4. The first-order chi connectivity index (χ1) is 29.5. The fourth-order valence-electron chi connectivity index (χ4n) is 6.78. The van der Waals surface area contributed by atoms with E-state index < -0.39 is 101 Å². The van der Waals surface area contributed by atoms with Gasteiger partial charge in [0.05, 0.1) is 12.1 Å². The third-order valence-corrected chi connectivity index (χ3v) is 9.88. The Morgan fingerprint density at radius 1 is 0.613 bits per heavy atom. The molecule has 1 amide bonds. The fourth-order valence-corrected chi connectivity index (χ4v) is 6.78. The third-order valence-electron chi connectivity index (χ3n) is 9.88. The van der Waals surface area contributed by atoms with Crippen molar-refractivity contribution in [3.05, 3.63) is 148 Å². The highest BCUT2D eigenvalue weighted by molar-refractivity contribution is 5.85. The first kappa shape index (κ1) is 43.0. The van der Waals surface area contributed by atoms with Crippen LogP contribution in [0.1, 0.15) is 22.7 Å². The molecule has 322 valence electrons. The van der Waals surface area contributed by atoms with Crippen molar-refractivity contribution >= 4 is 28.9 Å². The Labute approximate surface area is 342 Å². The summed E-state index contributed by atoms with van der Waals surface area (Å²) in [6, 6.07) is 20.6. The van der Waals surface area contributed by atoms with Gasteiger partial charge in [0.2, 0.25) is 69.7 Å². The highest BCUT2D eigenvalue weighted by Gasteiger charge is 2.32. The number of hydrogen-bond acceptors (Lipinski definition) is 8. The summed E-state index contributed by atoms with van der Waals surface area (Å²) < 4.78 is 160. The van der Waals surface area contributed by atoms with Gasteiger partial charge in [0, 0.05) is 37.2 Å². The van der Waals surface area contributed by atoms with Gasteiger partial charge in [0.25, 0.3) is 0 Å². The SMILES string of the molecule is CN(Cc1cc2ccc(OCC(=O)Oc3c(F)c(F)c(F)c(F)c3F)cc2n1CC(=O)Oc1c(F)c(F)c(F)c(F)c1F)N(C)C(=O)OCC1c2ccccc2-c2ccccc21. The number of rotatable bonds is 12. The molecule has 0 bridgehead atoms. The van der Waals surface area contributed by atoms with E-state index in [1.165, 1.54) is 43.4 Å². The lowest BCUT2D eigenvalue weighted by Gasteiger charge is -2.28. The van der Waals surface area contributed by atoms with Gasteiger partial charge >= 0.3 is 18.0 Å². The van der Waals surface area contributed by atoms with Crippen LogP contribution in [0.25, 0.3) is 22.0 Å². The second-order valence-electron chi connectivity index (χ2n) is 13.6. The Balaban J connectivity index is 1.12. The second kappa shape index (κ2) is 17.1. The average Bonchev–Trinajstić information content (AvgIpc) is 3.78. The van der Waals surface area contributed by atoms with Gasteiger partial charge in [-0.15, -0.1) is 0 Å². The van der Waals surface area contributed by atoms with Gasteiger partial charge in [-0.25, -0.2) is 50.7 Å². The summed E-state index contributed by atoms with van der Waals surface area (Å²) in [5.41, 5.74) is 4.12. The largest absolute Gasteiger partial charge is 0.482 e. The van der Waals surface area contributed by atoms with Gasteiger partial charge in [-0.3, -0.25) is 0 Å². The van der Waals surface area contributed by atoms with Gasteiger partial charge in [-0.2, -0.15) is 17.6 Å². The number of nitrogens with zero attached hydrogens (tertiary/aromatic N) is 3. The summed E-state index contributed by atoms with van der Waals surface area (Å²) in [6.45, 7) is -2.41. The van der Waals surface area contributed by atoms with E-state index in [9.17, 15) is 58.3 Å². The molecule has 5 aromatic carbocycles. The number of halogens is 10. The zero-order valence-electron chi connectivity index (χ0n) is 31.8. The number of esters is 2. The number of hydrazine groups is 1. The summed E-state index contributed by atoms with van der Waals surface area (Å²) in [6.07, 6.45) is -0.795. The van der Waals surface area contributed by atoms with Crippen molar-refractivity contribution < 1.29 is 77.2 Å². The lowest BCUT2D eigenvalue weighted by atomic mass is 9.98. The van der Waals surface area contributed by atoms with Crippen LogP contribution in [0.3, 0.4) is 0 Å². The van der Waals surface area contributed by atoms with E-state index in [-0.39, 0.29) is 36.0 Å². The van der Waals surface area contributed by atoms with Gasteiger partial charge in [-0.1, -0.05) is 48.5 Å². The molecule has 20 heteroatoms. The molecule has 1 aliphatic carbocycles. The van der Waals surface area contributed by atoms with Gasteiger partial charge in [0.15, 0.2) is 6.61 Å². The van der Waals surface area contributed by atoms with E-state index in [0.717, 1.165) is 31.8 Å². The Morgan fingerprint density at radius 3 is 1.63 bits per heavy atom. The molecule has 0 saturated carbocycles. The predicted octanol–water partition coefficient (Wildman–Crippen LogP) is 8.85. The molecule has 6 aromatic rings. The molecule has 7 rings (SSSR count). The van der Waals surface area contributed by atoms with Crippen molar-refractivity contribution in [1.29, 1.82) is 0 Å². The number of carbonyl (C=O) groups is 3. The van der Waals surface area contributed by atoms with Crippen LogP contribution in [0.15, 0.2) is 72.8 Å². The van der Waals surface area contributed by atoms with E-state index in [2.05, 4.69) is 9.47 Å². The molecule has 0 fully saturated rings. The number of hydrogen-bond donors (Lipinski definition) is 0. The predicted molar refractivity (Wildman–Crippen MR) is 195 cm³/mol. The highest BCUT2D eigenvalue weighted by atomic mass is 19.2. The summed E-state index contributed by atoms with van der Waals surface area (Å²) in [5.74, 6) is -31.6. The minimum atomic E-state index is -2.49. The Bertz CT molecular complexity index is 2700. The first-order valence-corrected chi connectivity index (χ1v) is 18.0. The number of benzene rings is 5. The maximum absolute atomic E-state index is 14.4. The zero-order valence-corrected chi connectivity index (χ0v) is 31.8. The van der Waals surface area contributed by atoms with Crippen LogP contribution < -0.4 is 14.2 Å². The fraction of sp³-hybridized carbons (Fsp3) is 0.167. The normalized spacial score (nSPS) is 12.1. The van der Waals surface area contributed by atoms with Crippen LogP contribution in [-0.4, -0.2) is 59.9 Å². The number of aromatic nitrogens is 1. The van der Waals surface area contributed by atoms with E-state index in [0.29, 0.717) is 5.39 Å². The monoisotopic (exact) mass is 875 g/mol. The maximum Gasteiger partial charge on any atom is 0.424 e. The van der Waals surface area contributed by atoms with Crippen LogP contribution in [0.5, 0.6) is 17.2 Å². The zero-order chi connectivity index (χ0) is 44.7. The molecular formula is C42H27F10N3O7. The van der Waals surface area contributed by atoms with Crippen LogP contribution in [-0.2, 0) is 27.4 Å². The minimum Gasteiger partial charge on any atom is -0.482 e. The van der Waals surface area contributed by atoms with Crippen LogP contribution in [0.4, 0.5) is 48.7 Å². The molecule has 1 heterocycles. The van der Waals surface area contributed by atoms with Crippen LogP contribution in [0, 0.1) is 58.2 Å². The van der Waals surface area contributed by atoms with Crippen molar-refractivity contribution in [2.24, 2.45) is 0 Å². The van der Waals surface area contributed by atoms with Crippen LogP contribution >= 0.6 is 0 Å². The van der Waals surface area contributed by atoms with Crippen molar-refractivity contribution in [2.45, 2.75) is 19.0 Å². The molecule has 10 nitrogen and oxygen atoms in total. The highest BCUT2D eigenvalue weighted by Crippen LogP contribution is 2.44. The molecule has 0 N–H and O–H groups in total. The Kier molecular flexibility index (Phi) is 11.9.